The molecule has 104 valence electrons. The van der Waals surface area contributed by atoms with E-state index in [2.05, 4.69) is 21.2 Å². The van der Waals surface area contributed by atoms with Gasteiger partial charge in [0.05, 0.1) is 12.8 Å². The van der Waals surface area contributed by atoms with Crippen LogP contribution in [0, 0.1) is 5.92 Å². The largest absolute Gasteiger partial charge is 0.495 e. The van der Waals surface area contributed by atoms with Gasteiger partial charge in [0.25, 0.3) is 0 Å². The minimum atomic E-state index is -0.00116. The van der Waals surface area contributed by atoms with Crippen molar-refractivity contribution >= 4 is 27.5 Å². The Morgan fingerprint density at radius 1 is 1.53 bits per heavy atom. The normalized spacial score (nSPS) is 22.3. The summed E-state index contributed by atoms with van der Waals surface area (Å²) >= 11 is 3.39. The van der Waals surface area contributed by atoms with Crippen LogP contribution < -0.4 is 15.8 Å². The summed E-state index contributed by atoms with van der Waals surface area (Å²) in [4.78, 5) is 12.1. The molecule has 0 bridgehead atoms. The number of rotatable bonds is 4. The lowest BCUT2D eigenvalue weighted by atomic mass is 10.00. The number of anilines is 1. The first-order valence-corrected chi connectivity index (χ1v) is 7.28. The molecule has 0 aromatic heterocycles. The summed E-state index contributed by atoms with van der Waals surface area (Å²) in [6.45, 7) is 0. The maximum absolute atomic E-state index is 12.1. The van der Waals surface area contributed by atoms with Crippen LogP contribution in [-0.2, 0) is 4.79 Å². The predicted octanol–water partition coefficient (Wildman–Crippen LogP) is 2.91. The number of hydrogen-bond acceptors (Lipinski definition) is 3. The highest BCUT2D eigenvalue weighted by Crippen LogP contribution is 2.30. The van der Waals surface area contributed by atoms with E-state index >= 15 is 0 Å². The van der Waals surface area contributed by atoms with Crippen molar-refractivity contribution in [2.75, 3.05) is 12.4 Å². The molecule has 4 nitrogen and oxygen atoms in total. The highest BCUT2D eigenvalue weighted by Gasteiger charge is 2.26. The van der Waals surface area contributed by atoms with Gasteiger partial charge in [-0.3, -0.25) is 4.79 Å². The Morgan fingerprint density at radius 2 is 2.32 bits per heavy atom. The Morgan fingerprint density at radius 3 is 2.95 bits per heavy atom. The zero-order chi connectivity index (χ0) is 13.8. The average molecular weight is 327 g/mol. The number of carbonyl (C=O) groups excluding carboxylic acids is 1. The van der Waals surface area contributed by atoms with Crippen LogP contribution in [0.3, 0.4) is 0 Å². The third-order valence-corrected chi connectivity index (χ3v) is 4.09. The summed E-state index contributed by atoms with van der Waals surface area (Å²) in [6, 6.07) is 5.70. The summed E-state index contributed by atoms with van der Waals surface area (Å²) in [7, 11) is 1.59. The molecule has 0 aliphatic heterocycles. The number of nitrogens with two attached hydrogens (primary N) is 1. The van der Waals surface area contributed by atoms with Crippen molar-refractivity contribution < 1.29 is 9.53 Å². The third kappa shape index (κ3) is 3.70. The molecule has 0 heterocycles. The second kappa shape index (κ2) is 6.39. The Kier molecular flexibility index (Phi) is 4.82. The van der Waals surface area contributed by atoms with Crippen LogP contribution in [0.1, 0.15) is 25.7 Å². The SMILES string of the molecule is COc1ccc(Br)cc1NC(=O)C[C@@H]1CCC[C@H]1N. The van der Waals surface area contributed by atoms with Gasteiger partial charge in [-0.05, 0) is 37.0 Å². The lowest BCUT2D eigenvalue weighted by molar-refractivity contribution is -0.117. The van der Waals surface area contributed by atoms with E-state index in [9.17, 15) is 4.79 Å². The van der Waals surface area contributed by atoms with Crippen LogP contribution in [0.2, 0.25) is 0 Å². The number of ether oxygens (including phenoxy) is 1. The predicted molar refractivity (Wildman–Crippen MR) is 79.3 cm³/mol. The molecule has 0 saturated heterocycles. The first-order chi connectivity index (χ1) is 9.10. The molecular weight excluding hydrogens is 308 g/mol. The highest BCUT2D eigenvalue weighted by atomic mass is 79.9. The zero-order valence-electron chi connectivity index (χ0n) is 11.0. The van der Waals surface area contributed by atoms with Gasteiger partial charge in [-0.25, -0.2) is 0 Å². The van der Waals surface area contributed by atoms with Gasteiger partial charge in [-0.2, -0.15) is 0 Å². The quantitative estimate of drug-likeness (QED) is 0.894. The molecule has 1 saturated carbocycles. The van der Waals surface area contributed by atoms with E-state index < -0.39 is 0 Å². The molecule has 1 fully saturated rings. The number of methoxy groups -OCH3 is 1. The molecule has 19 heavy (non-hydrogen) atoms. The van der Waals surface area contributed by atoms with Crippen molar-refractivity contribution in [1.29, 1.82) is 0 Å². The molecule has 5 heteroatoms. The van der Waals surface area contributed by atoms with Crippen LogP contribution in [0.4, 0.5) is 5.69 Å². The monoisotopic (exact) mass is 326 g/mol. The molecule has 0 radical (unpaired) electrons. The van der Waals surface area contributed by atoms with Crippen molar-refractivity contribution in [3.63, 3.8) is 0 Å². The second-order valence-corrected chi connectivity index (χ2v) is 5.87. The topological polar surface area (TPSA) is 64.3 Å². The van der Waals surface area contributed by atoms with E-state index in [0.29, 0.717) is 23.8 Å². The maximum atomic E-state index is 12.1. The van der Waals surface area contributed by atoms with Crippen molar-refractivity contribution in [2.24, 2.45) is 11.7 Å². The van der Waals surface area contributed by atoms with Crippen LogP contribution >= 0.6 is 15.9 Å². The van der Waals surface area contributed by atoms with Crippen LogP contribution in [-0.4, -0.2) is 19.1 Å². The van der Waals surface area contributed by atoms with E-state index in [1.54, 1.807) is 7.11 Å². The third-order valence-electron chi connectivity index (χ3n) is 3.60. The van der Waals surface area contributed by atoms with Crippen LogP contribution in [0.5, 0.6) is 5.75 Å². The molecule has 1 aliphatic carbocycles. The van der Waals surface area contributed by atoms with E-state index in [-0.39, 0.29) is 11.9 Å². The molecule has 0 spiro atoms. The van der Waals surface area contributed by atoms with Crippen molar-refractivity contribution in [3.8, 4) is 5.75 Å². The number of amides is 1. The summed E-state index contributed by atoms with van der Waals surface area (Å²) in [6.07, 6.45) is 3.68. The number of benzene rings is 1. The van der Waals surface area contributed by atoms with Crippen molar-refractivity contribution in [2.45, 2.75) is 31.7 Å². The van der Waals surface area contributed by atoms with Gasteiger partial charge >= 0.3 is 0 Å². The Bertz CT molecular complexity index is 465. The summed E-state index contributed by atoms with van der Waals surface area (Å²) in [5.41, 5.74) is 6.68. The lowest BCUT2D eigenvalue weighted by Crippen LogP contribution is -2.28. The number of halogens is 1. The smallest absolute Gasteiger partial charge is 0.224 e. The molecule has 1 aliphatic rings. The molecule has 2 atom stereocenters. The fourth-order valence-corrected chi connectivity index (χ4v) is 2.90. The van der Waals surface area contributed by atoms with Crippen LogP contribution in [0.25, 0.3) is 0 Å². The van der Waals surface area contributed by atoms with Gasteiger partial charge in [-0.1, -0.05) is 22.4 Å². The Hall–Kier alpha value is -1.07. The minimum Gasteiger partial charge on any atom is -0.495 e. The van der Waals surface area contributed by atoms with Crippen molar-refractivity contribution in [3.05, 3.63) is 22.7 Å². The van der Waals surface area contributed by atoms with Gasteiger partial charge in [0.15, 0.2) is 0 Å². The molecule has 2 rings (SSSR count). The number of nitrogens with one attached hydrogen (secondary N) is 1. The number of hydrogen-bond donors (Lipinski definition) is 2. The Balaban J connectivity index is 2.00. The van der Waals surface area contributed by atoms with E-state index in [0.717, 1.165) is 23.7 Å². The summed E-state index contributed by atoms with van der Waals surface area (Å²) < 4.78 is 6.14. The van der Waals surface area contributed by atoms with E-state index in [1.165, 1.54) is 0 Å². The summed E-state index contributed by atoms with van der Waals surface area (Å²) in [5.74, 6) is 0.962. The lowest BCUT2D eigenvalue weighted by Gasteiger charge is -2.16. The molecule has 3 N–H and O–H groups in total. The van der Waals surface area contributed by atoms with Gasteiger partial charge < -0.3 is 15.8 Å². The fourth-order valence-electron chi connectivity index (χ4n) is 2.54. The van der Waals surface area contributed by atoms with Crippen LogP contribution in [0.15, 0.2) is 22.7 Å². The molecule has 1 aromatic rings. The first kappa shape index (κ1) is 14.3. The zero-order valence-corrected chi connectivity index (χ0v) is 12.6. The maximum Gasteiger partial charge on any atom is 0.224 e. The fraction of sp³-hybridized carbons (Fsp3) is 0.500. The van der Waals surface area contributed by atoms with E-state index in [4.69, 9.17) is 10.5 Å². The van der Waals surface area contributed by atoms with Crippen molar-refractivity contribution in [1.82, 2.24) is 0 Å². The first-order valence-electron chi connectivity index (χ1n) is 6.49. The van der Waals surface area contributed by atoms with Gasteiger partial charge in [0, 0.05) is 16.9 Å². The minimum absolute atomic E-state index is 0.00116. The Labute approximate surface area is 121 Å². The van der Waals surface area contributed by atoms with E-state index in [1.807, 2.05) is 18.2 Å². The summed E-state index contributed by atoms with van der Waals surface area (Å²) in [5, 5.41) is 2.90. The molecule has 0 unspecified atom stereocenters. The second-order valence-electron chi connectivity index (χ2n) is 4.95. The van der Waals surface area contributed by atoms with Gasteiger partial charge in [0.2, 0.25) is 5.91 Å². The average Bonchev–Trinajstić information content (AvgIpc) is 2.75. The standard InChI is InChI=1S/C14H19BrN2O2/c1-19-13-6-5-10(15)8-12(13)17-14(18)7-9-3-2-4-11(9)16/h5-6,8-9,11H,2-4,7,16H2,1H3,(H,17,18)/t9-,11+/m0/s1. The highest BCUT2D eigenvalue weighted by molar-refractivity contribution is 9.10. The van der Waals surface area contributed by atoms with Gasteiger partial charge in [0.1, 0.15) is 5.75 Å². The molecular formula is C14H19BrN2O2. The van der Waals surface area contributed by atoms with Gasteiger partial charge in [-0.15, -0.1) is 0 Å². The molecule has 1 aromatic carbocycles. The number of carbonyl (C=O) groups is 1. The molecule has 1 amide bonds.